The quantitative estimate of drug-likeness (QED) is 0.543. The van der Waals surface area contributed by atoms with Crippen molar-refractivity contribution in [2.24, 2.45) is 0 Å². The van der Waals surface area contributed by atoms with E-state index in [1.165, 1.54) is 17.4 Å². The number of nitro groups is 1. The first-order chi connectivity index (χ1) is 10.6. The highest BCUT2D eigenvalue weighted by atomic mass is 32.1. The molecule has 114 valence electrons. The Bertz CT molecular complexity index is 783. The van der Waals surface area contributed by atoms with E-state index in [0.717, 1.165) is 34.0 Å². The van der Waals surface area contributed by atoms with Crippen LogP contribution in [-0.2, 0) is 6.42 Å². The molecule has 1 N–H and O–H groups in total. The molecule has 3 aromatic rings. The highest BCUT2D eigenvalue weighted by Gasteiger charge is 2.12. The van der Waals surface area contributed by atoms with E-state index in [0.29, 0.717) is 0 Å². The molecule has 0 amide bonds. The number of rotatable bonds is 6. The zero-order valence-corrected chi connectivity index (χ0v) is 12.8. The molecule has 0 radical (unpaired) electrons. The number of nitrogens with zero attached hydrogens (tertiary/aromatic N) is 2. The molecule has 0 saturated carbocycles. The molecular weight excluding hydrogens is 302 g/mol. The summed E-state index contributed by atoms with van der Waals surface area (Å²) in [5.41, 5.74) is 0.866. The molecule has 1 unspecified atom stereocenters. The average Bonchev–Trinajstić information content (AvgIpc) is 3.13. The number of hydrogen-bond donors (Lipinski definition) is 1. The molecule has 2 heterocycles. The second-order valence-electron chi connectivity index (χ2n) is 5.09. The van der Waals surface area contributed by atoms with Crippen LogP contribution in [-0.4, -0.2) is 15.9 Å². The fourth-order valence-electron chi connectivity index (χ4n) is 2.19. The first-order valence-corrected chi connectivity index (χ1v) is 7.77. The lowest BCUT2D eigenvalue weighted by molar-refractivity contribution is -0.384. The van der Waals surface area contributed by atoms with Gasteiger partial charge in [0.05, 0.1) is 21.4 Å². The van der Waals surface area contributed by atoms with E-state index in [4.69, 9.17) is 4.42 Å². The number of fused-ring (bicyclic) bond motifs is 1. The summed E-state index contributed by atoms with van der Waals surface area (Å²) in [6.07, 6.45) is 3.45. The monoisotopic (exact) mass is 317 g/mol. The van der Waals surface area contributed by atoms with Gasteiger partial charge in [0.15, 0.2) is 5.13 Å². The van der Waals surface area contributed by atoms with Gasteiger partial charge in [-0.2, -0.15) is 0 Å². The van der Waals surface area contributed by atoms with Gasteiger partial charge in [-0.1, -0.05) is 11.3 Å². The predicted molar refractivity (Wildman–Crippen MR) is 86.4 cm³/mol. The highest BCUT2D eigenvalue weighted by molar-refractivity contribution is 7.22. The fourth-order valence-corrected chi connectivity index (χ4v) is 3.20. The summed E-state index contributed by atoms with van der Waals surface area (Å²) in [6.45, 7) is 2.08. The third-order valence-corrected chi connectivity index (χ3v) is 4.31. The summed E-state index contributed by atoms with van der Waals surface area (Å²) in [5, 5.41) is 14.9. The lowest BCUT2D eigenvalue weighted by Gasteiger charge is -2.11. The van der Waals surface area contributed by atoms with Crippen LogP contribution in [0.25, 0.3) is 10.2 Å². The zero-order chi connectivity index (χ0) is 15.5. The van der Waals surface area contributed by atoms with Crippen LogP contribution in [0.3, 0.4) is 0 Å². The smallest absolute Gasteiger partial charge is 0.270 e. The van der Waals surface area contributed by atoms with Gasteiger partial charge in [-0.3, -0.25) is 10.1 Å². The van der Waals surface area contributed by atoms with E-state index >= 15 is 0 Å². The molecule has 2 aromatic heterocycles. The molecule has 6 nitrogen and oxygen atoms in total. The van der Waals surface area contributed by atoms with Gasteiger partial charge in [0.1, 0.15) is 5.76 Å². The van der Waals surface area contributed by atoms with Gasteiger partial charge < -0.3 is 9.73 Å². The molecular formula is C15H15N3O3S. The lowest BCUT2D eigenvalue weighted by Crippen LogP contribution is -2.15. The Balaban J connectivity index is 1.66. The van der Waals surface area contributed by atoms with Crippen LogP contribution in [0, 0.1) is 10.1 Å². The van der Waals surface area contributed by atoms with Crippen molar-refractivity contribution < 1.29 is 9.34 Å². The first-order valence-electron chi connectivity index (χ1n) is 6.96. The Morgan fingerprint density at radius 1 is 1.45 bits per heavy atom. The van der Waals surface area contributed by atoms with Crippen molar-refractivity contribution in [1.29, 1.82) is 0 Å². The van der Waals surface area contributed by atoms with E-state index in [1.807, 2.05) is 12.1 Å². The van der Waals surface area contributed by atoms with Crippen LogP contribution in [0.15, 0.2) is 41.0 Å². The van der Waals surface area contributed by atoms with Gasteiger partial charge in [-0.25, -0.2) is 4.98 Å². The number of benzene rings is 1. The van der Waals surface area contributed by atoms with E-state index < -0.39 is 4.92 Å². The summed E-state index contributed by atoms with van der Waals surface area (Å²) in [6, 6.07) is 8.80. The van der Waals surface area contributed by atoms with Gasteiger partial charge in [-0.15, -0.1) is 0 Å². The predicted octanol–water partition coefficient (Wildman–Crippen LogP) is 4.23. The van der Waals surface area contributed by atoms with Crippen molar-refractivity contribution >= 4 is 32.4 Å². The molecule has 0 aliphatic heterocycles. The van der Waals surface area contributed by atoms with Crippen molar-refractivity contribution in [3.05, 3.63) is 52.5 Å². The molecule has 0 aliphatic rings. The number of thiazole rings is 1. The number of non-ortho nitro benzene ring substituents is 1. The van der Waals surface area contributed by atoms with Crippen molar-refractivity contribution in [1.82, 2.24) is 4.98 Å². The Kier molecular flexibility index (Phi) is 4.06. The summed E-state index contributed by atoms with van der Waals surface area (Å²) in [7, 11) is 0. The minimum Gasteiger partial charge on any atom is -0.469 e. The molecule has 0 saturated heterocycles. The third kappa shape index (κ3) is 3.25. The SMILES string of the molecule is CC(CCc1ccco1)Nc1nc2ccc([N+](=O)[O-])cc2s1. The van der Waals surface area contributed by atoms with Crippen LogP contribution in [0.5, 0.6) is 0 Å². The van der Waals surface area contributed by atoms with Gasteiger partial charge in [-0.05, 0) is 31.5 Å². The Morgan fingerprint density at radius 3 is 3.05 bits per heavy atom. The number of anilines is 1. The summed E-state index contributed by atoms with van der Waals surface area (Å²) in [4.78, 5) is 14.9. The van der Waals surface area contributed by atoms with Crippen molar-refractivity contribution in [2.75, 3.05) is 5.32 Å². The van der Waals surface area contributed by atoms with Crippen molar-refractivity contribution in [3.63, 3.8) is 0 Å². The van der Waals surface area contributed by atoms with E-state index in [1.54, 1.807) is 18.4 Å². The average molecular weight is 317 g/mol. The molecule has 1 atom stereocenters. The first kappa shape index (κ1) is 14.5. The minimum atomic E-state index is -0.391. The molecule has 0 bridgehead atoms. The zero-order valence-electron chi connectivity index (χ0n) is 12.0. The Labute approximate surface area is 130 Å². The summed E-state index contributed by atoms with van der Waals surface area (Å²) < 4.78 is 6.13. The van der Waals surface area contributed by atoms with Crippen LogP contribution in [0.4, 0.5) is 10.8 Å². The van der Waals surface area contributed by atoms with Crippen LogP contribution < -0.4 is 5.32 Å². The summed E-state index contributed by atoms with van der Waals surface area (Å²) in [5.74, 6) is 0.966. The molecule has 22 heavy (non-hydrogen) atoms. The Hall–Kier alpha value is -2.41. The minimum absolute atomic E-state index is 0.0913. The molecule has 1 aromatic carbocycles. The van der Waals surface area contributed by atoms with E-state index in [-0.39, 0.29) is 11.7 Å². The van der Waals surface area contributed by atoms with Crippen LogP contribution in [0.2, 0.25) is 0 Å². The van der Waals surface area contributed by atoms with Crippen LogP contribution >= 0.6 is 11.3 Å². The van der Waals surface area contributed by atoms with Gasteiger partial charge in [0.2, 0.25) is 0 Å². The second-order valence-corrected chi connectivity index (χ2v) is 6.12. The van der Waals surface area contributed by atoms with E-state index in [9.17, 15) is 10.1 Å². The number of furan rings is 1. The standard InChI is InChI=1S/C15H15N3O3S/c1-10(4-6-12-3-2-8-21-12)16-15-17-13-7-5-11(18(19)20)9-14(13)22-15/h2-3,5,7-10H,4,6H2,1H3,(H,16,17). The largest absolute Gasteiger partial charge is 0.469 e. The van der Waals surface area contributed by atoms with Gasteiger partial charge >= 0.3 is 0 Å². The lowest BCUT2D eigenvalue weighted by atomic mass is 10.1. The Morgan fingerprint density at radius 2 is 2.32 bits per heavy atom. The maximum Gasteiger partial charge on any atom is 0.270 e. The number of nitro benzene ring substituents is 1. The van der Waals surface area contributed by atoms with E-state index in [2.05, 4.69) is 17.2 Å². The van der Waals surface area contributed by atoms with Gasteiger partial charge in [0, 0.05) is 24.6 Å². The number of aromatic nitrogens is 1. The fraction of sp³-hybridized carbons (Fsp3) is 0.267. The number of hydrogen-bond acceptors (Lipinski definition) is 6. The number of nitrogens with one attached hydrogen (secondary N) is 1. The summed E-state index contributed by atoms with van der Waals surface area (Å²) >= 11 is 1.43. The normalized spacial score (nSPS) is 12.4. The maximum atomic E-state index is 10.8. The number of aryl methyl sites for hydroxylation is 1. The third-order valence-electron chi connectivity index (χ3n) is 3.36. The molecule has 0 aliphatic carbocycles. The second kappa shape index (κ2) is 6.15. The van der Waals surface area contributed by atoms with Crippen molar-refractivity contribution in [2.45, 2.75) is 25.8 Å². The molecule has 3 rings (SSSR count). The topological polar surface area (TPSA) is 81.2 Å². The van der Waals surface area contributed by atoms with Crippen molar-refractivity contribution in [3.8, 4) is 0 Å². The van der Waals surface area contributed by atoms with Crippen LogP contribution in [0.1, 0.15) is 19.1 Å². The maximum absolute atomic E-state index is 10.8. The molecule has 7 heteroatoms. The van der Waals surface area contributed by atoms with Gasteiger partial charge in [0.25, 0.3) is 5.69 Å². The molecule has 0 fully saturated rings. The molecule has 0 spiro atoms. The highest BCUT2D eigenvalue weighted by Crippen LogP contribution is 2.29.